The first-order valence-electron chi connectivity index (χ1n) is 11.1. The highest BCUT2D eigenvalue weighted by Gasteiger charge is 2.29. The minimum Gasteiger partial charge on any atom is -0.369 e. The zero-order valence-electron chi connectivity index (χ0n) is 17.7. The number of anilines is 1. The molecule has 3 heterocycles. The molecule has 0 spiro atoms. The van der Waals surface area contributed by atoms with Crippen LogP contribution >= 0.6 is 0 Å². The van der Waals surface area contributed by atoms with Crippen LogP contribution in [-0.4, -0.2) is 74.5 Å². The number of nitrogens with zero attached hydrogens (tertiary/aromatic N) is 2. The van der Waals surface area contributed by atoms with Crippen LogP contribution in [0.5, 0.6) is 0 Å². The molecule has 3 aliphatic heterocycles. The average molecular weight is 432 g/mol. The Bertz CT molecular complexity index is 834. The molecule has 3 saturated heterocycles. The fourth-order valence-electron chi connectivity index (χ4n) is 4.57. The minimum absolute atomic E-state index is 0.0991. The maximum atomic E-state index is 14.7. The van der Waals surface area contributed by atoms with Crippen molar-refractivity contribution in [3.63, 3.8) is 0 Å². The van der Waals surface area contributed by atoms with Gasteiger partial charge in [-0.2, -0.15) is 0 Å². The third kappa shape index (κ3) is 5.40. The largest absolute Gasteiger partial charge is 0.369 e. The van der Waals surface area contributed by atoms with Gasteiger partial charge < -0.3 is 15.5 Å². The van der Waals surface area contributed by atoms with Gasteiger partial charge in [-0.3, -0.25) is 24.6 Å². The molecule has 3 N–H and O–H groups in total. The van der Waals surface area contributed by atoms with Crippen molar-refractivity contribution in [2.75, 3.05) is 50.7 Å². The quantitative estimate of drug-likeness (QED) is 0.588. The first-order chi connectivity index (χ1) is 15.0. The predicted molar refractivity (Wildman–Crippen MR) is 114 cm³/mol. The predicted octanol–water partition coefficient (Wildman–Crippen LogP) is 0.482. The maximum Gasteiger partial charge on any atom is 0.254 e. The Hall–Kier alpha value is -2.52. The van der Waals surface area contributed by atoms with Crippen LogP contribution in [0.15, 0.2) is 18.2 Å². The van der Waals surface area contributed by atoms with E-state index in [4.69, 9.17) is 0 Å². The third-order valence-corrected chi connectivity index (χ3v) is 6.45. The molecule has 0 bridgehead atoms. The van der Waals surface area contributed by atoms with Gasteiger partial charge in [0.15, 0.2) is 0 Å². The van der Waals surface area contributed by atoms with E-state index in [0.29, 0.717) is 0 Å². The van der Waals surface area contributed by atoms with Gasteiger partial charge in [-0.05, 0) is 56.5 Å². The van der Waals surface area contributed by atoms with Gasteiger partial charge >= 0.3 is 0 Å². The van der Waals surface area contributed by atoms with Crippen LogP contribution in [0.25, 0.3) is 0 Å². The first kappa shape index (κ1) is 21.7. The Labute approximate surface area is 181 Å². The van der Waals surface area contributed by atoms with E-state index >= 15 is 0 Å². The minimum atomic E-state index is -0.822. The summed E-state index contributed by atoms with van der Waals surface area (Å²) in [5, 5.41) is 8.10. The average Bonchev–Trinajstić information content (AvgIpc) is 2.77. The molecule has 4 rings (SSSR count). The van der Waals surface area contributed by atoms with Crippen molar-refractivity contribution in [2.45, 2.75) is 31.7 Å². The zero-order chi connectivity index (χ0) is 21.8. The summed E-state index contributed by atoms with van der Waals surface area (Å²) >= 11 is 0. The first-order valence-corrected chi connectivity index (χ1v) is 11.1. The van der Waals surface area contributed by atoms with Gasteiger partial charge in [0.05, 0.1) is 5.56 Å². The Morgan fingerprint density at radius 2 is 1.84 bits per heavy atom. The molecular formula is C22H30FN5O3. The smallest absolute Gasteiger partial charge is 0.254 e. The lowest BCUT2D eigenvalue weighted by Gasteiger charge is -2.38. The van der Waals surface area contributed by atoms with E-state index in [1.54, 1.807) is 6.07 Å². The maximum absolute atomic E-state index is 14.7. The van der Waals surface area contributed by atoms with Gasteiger partial charge in [-0.1, -0.05) is 0 Å². The standard InChI is InChI=1S/C22H30FN5O3/c23-18-13-16(28-11-9-27(10-12-28)14-15-5-7-24-8-6-15)1-2-17(18)21(30)25-19-3-4-20(29)26-22(19)31/h1-2,13,15,19,24H,3-12,14H2,(H,25,30)(H,26,29,31). The van der Waals surface area contributed by atoms with Crippen LogP contribution < -0.4 is 20.9 Å². The van der Waals surface area contributed by atoms with Gasteiger partial charge in [0.1, 0.15) is 11.9 Å². The molecule has 3 aliphatic rings. The monoisotopic (exact) mass is 431 g/mol. The molecule has 8 nitrogen and oxygen atoms in total. The van der Waals surface area contributed by atoms with E-state index in [2.05, 4.69) is 25.8 Å². The lowest BCUT2D eigenvalue weighted by Crippen LogP contribution is -2.52. The van der Waals surface area contributed by atoms with E-state index in [-0.39, 0.29) is 24.3 Å². The highest BCUT2D eigenvalue weighted by Crippen LogP contribution is 2.22. The van der Waals surface area contributed by atoms with Crippen molar-refractivity contribution in [3.8, 4) is 0 Å². The number of amides is 3. The molecule has 0 aliphatic carbocycles. The van der Waals surface area contributed by atoms with E-state index in [9.17, 15) is 18.8 Å². The number of rotatable bonds is 5. The second kappa shape index (κ2) is 9.74. The SMILES string of the molecule is O=C1CCC(NC(=O)c2ccc(N3CCN(CC4CCNCC4)CC3)cc2F)C(=O)N1. The number of halogens is 1. The molecule has 9 heteroatoms. The highest BCUT2D eigenvalue weighted by atomic mass is 19.1. The van der Waals surface area contributed by atoms with Crippen LogP contribution in [0.1, 0.15) is 36.0 Å². The van der Waals surface area contributed by atoms with Gasteiger partial charge in [0.25, 0.3) is 5.91 Å². The van der Waals surface area contributed by atoms with Crippen molar-refractivity contribution in [1.29, 1.82) is 0 Å². The molecule has 1 aromatic carbocycles. The summed E-state index contributed by atoms with van der Waals surface area (Å²) in [5.41, 5.74) is 0.662. The number of piperazine rings is 1. The molecule has 3 amide bonds. The number of piperidine rings is 2. The number of benzene rings is 1. The fraction of sp³-hybridized carbons (Fsp3) is 0.591. The molecule has 3 fully saturated rings. The Balaban J connectivity index is 1.31. The number of imide groups is 1. The normalized spacial score (nSPS) is 23.5. The Kier molecular flexibility index (Phi) is 6.82. The van der Waals surface area contributed by atoms with Crippen molar-refractivity contribution in [1.82, 2.24) is 20.9 Å². The van der Waals surface area contributed by atoms with Crippen LogP contribution in [0.4, 0.5) is 10.1 Å². The molecule has 1 atom stereocenters. The van der Waals surface area contributed by atoms with Crippen molar-refractivity contribution >= 4 is 23.4 Å². The van der Waals surface area contributed by atoms with Crippen molar-refractivity contribution in [3.05, 3.63) is 29.6 Å². The summed E-state index contributed by atoms with van der Waals surface area (Å²) in [4.78, 5) is 40.1. The van der Waals surface area contributed by atoms with Crippen LogP contribution in [-0.2, 0) is 9.59 Å². The number of nitrogens with one attached hydrogen (secondary N) is 3. The topological polar surface area (TPSA) is 93.8 Å². The lowest BCUT2D eigenvalue weighted by atomic mass is 9.97. The Morgan fingerprint density at radius 3 is 2.52 bits per heavy atom. The van der Waals surface area contributed by atoms with E-state index in [1.807, 2.05) is 0 Å². The Morgan fingerprint density at radius 1 is 1.10 bits per heavy atom. The summed E-state index contributed by atoms with van der Waals surface area (Å²) in [6, 6.07) is 3.79. The lowest BCUT2D eigenvalue weighted by molar-refractivity contribution is -0.134. The van der Waals surface area contributed by atoms with Gasteiger partial charge in [0.2, 0.25) is 11.8 Å². The summed E-state index contributed by atoms with van der Waals surface area (Å²) in [7, 11) is 0. The summed E-state index contributed by atoms with van der Waals surface area (Å²) in [6.45, 7) is 6.88. The van der Waals surface area contributed by atoms with Crippen LogP contribution in [0.3, 0.4) is 0 Å². The molecule has 0 aromatic heterocycles. The third-order valence-electron chi connectivity index (χ3n) is 6.45. The molecule has 1 aromatic rings. The highest BCUT2D eigenvalue weighted by molar-refractivity contribution is 6.03. The molecule has 31 heavy (non-hydrogen) atoms. The molecular weight excluding hydrogens is 401 g/mol. The van der Waals surface area contributed by atoms with Crippen LogP contribution in [0.2, 0.25) is 0 Å². The van der Waals surface area contributed by atoms with E-state index in [1.165, 1.54) is 25.0 Å². The number of hydrogen-bond acceptors (Lipinski definition) is 6. The van der Waals surface area contributed by atoms with Crippen molar-refractivity contribution in [2.24, 2.45) is 5.92 Å². The van der Waals surface area contributed by atoms with Gasteiger partial charge in [0, 0.05) is 44.8 Å². The summed E-state index contributed by atoms with van der Waals surface area (Å²) in [6.07, 6.45) is 2.83. The zero-order valence-corrected chi connectivity index (χ0v) is 17.7. The second-order valence-corrected chi connectivity index (χ2v) is 8.62. The van der Waals surface area contributed by atoms with Crippen molar-refractivity contribution < 1.29 is 18.8 Å². The van der Waals surface area contributed by atoms with Gasteiger partial charge in [-0.15, -0.1) is 0 Å². The fourth-order valence-corrected chi connectivity index (χ4v) is 4.57. The summed E-state index contributed by atoms with van der Waals surface area (Å²) in [5.74, 6) is -1.41. The number of carbonyl (C=O) groups is 3. The number of hydrogen-bond donors (Lipinski definition) is 3. The number of carbonyl (C=O) groups excluding carboxylic acids is 3. The molecule has 1 unspecified atom stereocenters. The van der Waals surface area contributed by atoms with E-state index in [0.717, 1.165) is 57.4 Å². The molecule has 0 saturated carbocycles. The molecule has 0 radical (unpaired) electrons. The summed E-state index contributed by atoms with van der Waals surface area (Å²) < 4.78 is 14.7. The second-order valence-electron chi connectivity index (χ2n) is 8.62. The van der Waals surface area contributed by atoms with Gasteiger partial charge in [-0.25, -0.2) is 4.39 Å². The van der Waals surface area contributed by atoms with Crippen LogP contribution in [0, 0.1) is 11.7 Å². The van der Waals surface area contributed by atoms with E-state index < -0.39 is 23.7 Å². The molecule has 168 valence electrons.